The maximum Gasteiger partial charge on any atom is 0.354 e. The minimum atomic E-state index is -0.838. The van der Waals surface area contributed by atoms with Gasteiger partial charge < -0.3 is 20.2 Å². The fraction of sp³-hybridized carbons (Fsp3) is 0.583. The highest BCUT2D eigenvalue weighted by Crippen LogP contribution is 2.37. The third kappa shape index (κ3) is 7.54. The molecule has 1 aromatic rings. The van der Waals surface area contributed by atoms with Gasteiger partial charge in [0.25, 0.3) is 11.8 Å². The van der Waals surface area contributed by atoms with Crippen LogP contribution in [0.25, 0.3) is 0 Å². The van der Waals surface area contributed by atoms with Crippen LogP contribution in [-0.4, -0.2) is 70.7 Å². The molecule has 0 bridgehead atoms. The van der Waals surface area contributed by atoms with Gasteiger partial charge in [0.1, 0.15) is 29.9 Å². The molecule has 1 unspecified atom stereocenters. The third-order valence-corrected chi connectivity index (χ3v) is 7.86. The Kier molecular flexibility index (Phi) is 11.4. The van der Waals surface area contributed by atoms with E-state index in [-0.39, 0.29) is 22.2 Å². The Hall–Kier alpha value is -2.93. The molecule has 2 atom stereocenters. The van der Waals surface area contributed by atoms with Crippen molar-refractivity contribution >= 4 is 58.1 Å². The molecular weight excluding hydrogens is 518 g/mol. The molecule has 0 radical (unpaired) electrons. The Labute approximate surface area is 224 Å². The van der Waals surface area contributed by atoms with E-state index in [4.69, 9.17) is 9.57 Å². The first-order chi connectivity index (χ1) is 18.0. The van der Waals surface area contributed by atoms with Gasteiger partial charge in [-0.25, -0.2) is 9.78 Å². The molecule has 3 heterocycles. The number of nitrogens with zero attached hydrogens (tertiary/aromatic N) is 3. The molecule has 1 fully saturated rings. The standard InChI is InChI=1S/C24H33N5O6S2/c1-3-4-5-6-7-8-9-10-12-35-23(33)17-11-13-36-22-19(21(32)29(17)22)27-20(31)18(28-34-2)16-14-37-24(26-16)25-15-30/h11,14-15,19,22H,3-10,12-13H2,1-2H3,(H,27,31)(H,25,26,30)/t19?,22-/m1/s1. The number of rotatable bonds is 16. The predicted molar refractivity (Wildman–Crippen MR) is 142 cm³/mol. The van der Waals surface area contributed by atoms with E-state index in [0.717, 1.165) is 30.6 Å². The number of fused-ring (bicyclic) bond motifs is 1. The Balaban J connectivity index is 1.49. The van der Waals surface area contributed by atoms with Gasteiger partial charge in [-0.05, 0) is 12.5 Å². The minimum absolute atomic E-state index is 0.134. The van der Waals surface area contributed by atoms with Gasteiger partial charge in [0.05, 0.1) is 6.61 Å². The number of β-lactam (4-membered cyclic amide) rings is 1. The Morgan fingerprint density at radius 3 is 2.65 bits per heavy atom. The molecule has 2 N–H and O–H groups in total. The lowest BCUT2D eigenvalue weighted by molar-refractivity contribution is -0.152. The molecule has 0 aromatic carbocycles. The lowest BCUT2D eigenvalue weighted by Gasteiger charge is -2.48. The van der Waals surface area contributed by atoms with Crippen molar-refractivity contribution in [1.29, 1.82) is 0 Å². The second-order valence-corrected chi connectivity index (χ2v) is 10.5. The van der Waals surface area contributed by atoms with E-state index in [1.165, 1.54) is 61.3 Å². The molecule has 0 aliphatic carbocycles. The van der Waals surface area contributed by atoms with Crippen LogP contribution in [0.4, 0.5) is 5.13 Å². The van der Waals surface area contributed by atoms with Crippen LogP contribution in [0.2, 0.25) is 0 Å². The number of thioether (sulfide) groups is 1. The van der Waals surface area contributed by atoms with E-state index < -0.39 is 29.2 Å². The highest BCUT2D eigenvalue weighted by molar-refractivity contribution is 8.00. The number of ether oxygens (including phenoxy) is 1. The number of thiazole rings is 1. The van der Waals surface area contributed by atoms with Crippen molar-refractivity contribution in [3.63, 3.8) is 0 Å². The molecule has 2 aliphatic rings. The van der Waals surface area contributed by atoms with Gasteiger partial charge in [-0.2, -0.15) is 0 Å². The second kappa shape index (κ2) is 14.7. The minimum Gasteiger partial charge on any atom is -0.461 e. The first-order valence-electron chi connectivity index (χ1n) is 12.4. The monoisotopic (exact) mass is 551 g/mol. The summed E-state index contributed by atoms with van der Waals surface area (Å²) in [4.78, 5) is 59.4. The van der Waals surface area contributed by atoms with Crippen LogP contribution < -0.4 is 10.6 Å². The lowest BCUT2D eigenvalue weighted by Crippen LogP contribution is -2.70. The highest BCUT2D eigenvalue weighted by atomic mass is 32.2. The summed E-state index contributed by atoms with van der Waals surface area (Å²) in [5, 5.41) is 10.2. The van der Waals surface area contributed by atoms with E-state index >= 15 is 0 Å². The van der Waals surface area contributed by atoms with Gasteiger partial charge in [-0.3, -0.25) is 19.3 Å². The number of hydrogen-bond acceptors (Lipinski definition) is 10. The van der Waals surface area contributed by atoms with Crippen LogP contribution in [0.3, 0.4) is 0 Å². The number of carbonyl (C=O) groups is 4. The number of amides is 3. The molecule has 2 aliphatic heterocycles. The smallest absolute Gasteiger partial charge is 0.354 e. The Morgan fingerprint density at radius 2 is 1.95 bits per heavy atom. The Morgan fingerprint density at radius 1 is 1.22 bits per heavy atom. The van der Waals surface area contributed by atoms with E-state index in [1.54, 1.807) is 6.08 Å². The molecule has 11 nitrogen and oxygen atoms in total. The molecule has 3 amide bonds. The normalized spacial score (nSPS) is 18.9. The van der Waals surface area contributed by atoms with E-state index in [2.05, 4.69) is 27.7 Å². The quantitative estimate of drug-likeness (QED) is 0.0798. The number of oxime groups is 1. The zero-order valence-corrected chi connectivity index (χ0v) is 22.7. The lowest BCUT2D eigenvalue weighted by atomic mass is 10.0. The number of aromatic nitrogens is 1. The highest BCUT2D eigenvalue weighted by Gasteiger charge is 2.53. The number of unbranched alkanes of at least 4 members (excludes halogenated alkanes) is 7. The molecule has 0 saturated carbocycles. The van der Waals surface area contributed by atoms with Crippen molar-refractivity contribution in [3.05, 3.63) is 22.8 Å². The van der Waals surface area contributed by atoms with Crippen LogP contribution >= 0.6 is 23.1 Å². The van der Waals surface area contributed by atoms with Gasteiger partial charge in [0, 0.05) is 11.1 Å². The molecular formula is C24H33N5O6S2. The molecule has 13 heteroatoms. The van der Waals surface area contributed by atoms with E-state index in [9.17, 15) is 19.2 Å². The molecule has 1 aromatic heterocycles. The van der Waals surface area contributed by atoms with Gasteiger partial charge >= 0.3 is 5.97 Å². The van der Waals surface area contributed by atoms with Gasteiger partial charge in [-0.1, -0.05) is 57.0 Å². The van der Waals surface area contributed by atoms with Crippen molar-refractivity contribution in [1.82, 2.24) is 15.2 Å². The number of nitrogens with one attached hydrogen (secondary N) is 2. The van der Waals surface area contributed by atoms with Crippen LogP contribution in [0.1, 0.15) is 64.0 Å². The SMILES string of the molecule is CCCCCCCCCCOC(=O)C1=CCS[C@@H]2C(NC(=O)C(=NOC)c3csc(NC=O)n3)C(=O)N12. The van der Waals surface area contributed by atoms with Crippen molar-refractivity contribution in [2.75, 3.05) is 24.8 Å². The summed E-state index contributed by atoms with van der Waals surface area (Å²) in [5.74, 6) is -1.07. The van der Waals surface area contributed by atoms with Crippen LogP contribution in [0.5, 0.6) is 0 Å². The van der Waals surface area contributed by atoms with Crippen molar-refractivity contribution in [2.24, 2.45) is 5.16 Å². The van der Waals surface area contributed by atoms with Crippen molar-refractivity contribution < 1.29 is 28.8 Å². The third-order valence-electron chi connectivity index (χ3n) is 5.90. The van der Waals surface area contributed by atoms with E-state index in [1.807, 2.05) is 0 Å². The number of anilines is 1. The summed E-state index contributed by atoms with van der Waals surface area (Å²) in [5.41, 5.74) is 0.276. The second-order valence-electron chi connectivity index (χ2n) is 8.51. The first kappa shape index (κ1) is 28.6. The van der Waals surface area contributed by atoms with Crippen molar-refractivity contribution in [2.45, 2.75) is 69.7 Å². The predicted octanol–water partition coefficient (Wildman–Crippen LogP) is 3.03. The maximum atomic E-state index is 12.9. The largest absolute Gasteiger partial charge is 0.461 e. The van der Waals surface area contributed by atoms with Gasteiger partial charge in [0.15, 0.2) is 10.8 Å². The molecule has 0 spiro atoms. The summed E-state index contributed by atoms with van der Waals surface area (Å²) < 4.78 is 5.42. The average Bonchev–Trinajstić information content (AvgIpc) is 3.36. The van der Waals surface area contributed by atoms with Crippen molar-refractivity contribution in [3.8, 4) is 0 Å². The average molecular weight is 552 g/mol. The molecule has 3 rings (SSSR count). The maximum absolute atomic E-state index is 12.9. The summed E-state index contributed by atoms with van der Waals surface area (Å²) in [7, 11) is 1.29. The molecule has 202 valence electrons. The van der Waals surface area contributed by atoms with Crippen LogP contribution in [-0.2, 0) is 28.8 Å². The zero-order valence-electron chi connectivity index (χ0n) is 21.1. The van der Waals surface area contributed by atoms with Crippen LogP contribution in [0, 0.1) is 0 Å². The summed E-state index contributed by atoms with van der Waals surface area (Å²) >= 11 is 2.55. The first-order valence-corrected chi connectivity index (χ1v) is 14.3. The van der Waals surface area contributed by atoms with Gasteiger partial charge in [-0.15, -0.1) is 23.1 Å². The zero-order chi connectivity index (χ0) is 26.6. The number of hydrogen-bond donors (Lipinski definition) is 2. The topological polar surface area (TPSA) is 139 Å². The Bertz CT molecular complexity index is 1030. The van der Waals surface area contributed by atoms with Crippen LogP contribution in [0.15, 0.2) is 22.3 Å². The summed E-state index contributed by atoms with van der Waals surface area (Å²) in [6.07, 6.45) is 11.3. The number of esters is 1. The fourth-order valence-corrected chi connectivity index (χ4v) is 5.86. The number of carbonyl (C=O) groups excluding carboxylic acids is 4. The molecule has 1 saturated heterocycles. The fourth-order valence-electron chi connectivity index (χ4n) is 4.01. The summed E-state index contributed by atoms with van der Waals surface area (Å²) in [6, 6.07) is -0.838. The van der Waals surface area contributed by atoms with Gasteiger partial charge in [0.2, 0.25) is 6.41 Å². The van der Waals surface area contributed by atoms with E-state index in [0.29, 0.717) is 18.8 Å². The molecule has 37 heavy (non-hydrogen) atoms. The summed E-state index contributed by atoms with van der Waals surface area (Å²) in [6.45, 7) is 2.51.